The second kappa shape index (κ2) is 9.74. The van der Waals surface area contributed by atoms with Crippen LogP contribution in [-0.4, -0.2) is 33.3 Å². The number of guanidine groups is 1. The topological polar surface area (TPSA) is 54.9 Å². The molecule has 23 heavy (non-hydrogen) atoms. The van der Waals surface area contributed by atoms with Crippen LogP contribution < -0.4 is 20.1 Å². The lowest BCUT2D eigenvalue weighted by molar-refractivity contribution is 0.308. The molecule has 1 heterocycles. The van der Waals surface area contributed by atoms with E-state index in [0.29, 0.717) is 6.61 Å². The number of rotatable bonds is 8. The molecule has 1 aromatic carbocycles. The molecule has 0 saturated carbocycles. The fraction of sp³-hybridized carbons (Fsp3) is 0.353. The minimum Gasteiger partial charge on any atom is -0.497 e. The third-order valence-corrected chi connectivity index (χ3v) is 3.92. The first kappa shape index (κ1) is 17.1. The van der Waals surface area contributed by atoms with Crippen LogP contribution >= 0.6 is 11.3 Å². The van der Waals surface area contributed by atoms with Crippen molar-refractivity contribution in [2.24, 2.45) is 4.99 Å². The van der Waals surface area contributed by atoms with E-state index in [9.17, 15) is 0 Å². The van der Waals surface area contributed by atoms with Crippen molar-refractivity contribution < 1.29 is 9.47 Å². The van der Waals surface area contributed by atoms with Crippen molar-refractivity contribution in [3.8, 4) is 11.5 Å². The molecule has 6 heteroatoms. The Morgan fingerprint density at radius 1 is 1.22 bits per heavy atom. The van der Waals surface area contributed by atoms with E-state index in [1.807, 2.05) is 24.3 Å². The van der Waals surface area contributed by atoms with Crippen LogP contribution in [0.1, 0.15) is 12.0 Å². The van der Waals surface area contributed by atoms with E-state index in [4.69, 9.17) is 9.47 Å². The minimum atomic E-state index is 0.641. The molecule has 0 aliphatic rings. The first-order valence-corrected chi connectivity index (χ1v) is 8.48. The van der Waals surface area contributed by atoms with Crippen LogP contribution in [0.3, 0.4) is 0 Å². The highest BCUT2D eigenvalue weighted by Crippen LogP contribution is 2.18. The predicted octanol–water partition coefficient (Wildman–Crippen LogP) is 2.89. The maximum atomic E-state index is 5.70. The van der Waals surface area contributed by atoms with Crippen LogP contribution in [0.5, 0.6) is 11.5 Å². The van der Waals surface area contributed by atoms with Gasteiger partial charge in [0.25, 0.3) is 0 Å². The summed E-state index contributed by atoms with van der Waals surface area (Å²) in [5, 5.41) is 10.8. The van der Waals surface area contributed by atoms with Gasteiger partial charge in [0.05, 0.1) is 13.7 Å². The van der Waals surface area contributed by atoms with E-state index in [-0.39, 0.29) is 0 Å². The average molecular weight is 333 g/mol. The molecule has 1 aromatic heterocycles. The highest BCUT2D eigenvalue weighted by atomic mass is 32.1. The fourth-order valence-corrected chi connectivity index (χ4v) is 2.63. The molecule has 0 spiro atoms. The molecule has 0 aliphatic carbocycles. The molecule has 0 radical (unpaired) electrons. The van der Waals surface area contributed by atoms with Crippen molar-refractivity contribution in [2.75, 3.05) is 27.3 Å². The van der Waals surface area contributed by atoms with Gasteiger partial charge in [-0.25, -0.2) is 0 Å². The van der Waals surface area contributed by atoms with Crippen LogP contribution in [0, 0.1) is 0 Å². The highest BCUT2D eigenvalue weighted by molar-refractivity contribution is 7.07. The smallest absolute Gasteiger partial charge is 0.191 e. The largest absolute Gasteiger partial charge is 0.497 e. The Morgan fingerprint density at radius 2 is 2.09 bits per heavy atom. The Bertz CT molecular complexity index is 600. The zero-order valence-corrected chi connectivity index (χ0v) is 14.4. The maximum Gasteiger partial charge on any atom is 0.191 e. The standard InChI is InChI=1S/C17H23N3O2S/c1-18-17(20-12-14-7-10-23-13-14)19-8-4-9-22-16-6-3-5-15(11-16)21-2/h3,5-7,10-11,13H,4,8-9,12H2,1-2H3,(H2,18,19,20). The number of hydrogen-bond donors (Lipinski definition) is 2. The molecule has 2 rings (SSSR count). The number of methoxy groups -OCH3 is 1. The molecule has 2 aromatic rings. The normalized spacial score (nSPS) is 11.1. The Balaban J connectivity index is 1.61. The lowest BCUT2D eigenvalue weighted by Gasteiger charge is -2.12. The number of ether oxygens (including phenoxy) is 2. The van der Waals surface area contributed by atoms with Crippen LogP contribution in [0.2, 0.25) is 0 Å². The average Bonchev–Trinajstić information content (AvgIpc) is 3.11. The van der Waals surface area contributed by atoms with Gasteiger partial charge in [-0.1, -0.05) is 6.07 Å². The molecular formula is C17H23N3O2S. The summed E-state index contributed by atoms with van der Waals surface area (Å²) in [5.74, 6) is 2.43. The van der Waals surface area contributed by atoms with Gasteiger partial charge in [0, 0.05) is 26.2 Å². The van der Waals surface area contributed by atoms with Gasteiger partial charge in [0.15, 0.2) is 5.96 Å². The molecule has 0 fully saturated rings. The molecule has 2 N–H and O–H groups in total. The predicted molar refractivity (Wildman–Crippen MR) is 95.6 cm³/mol. The second-order valence-electron chi connectivity index (χ2n) is 4.87. The molecule has 0 aliphatic heterocycles. The third kappa shape index (κ3) is 6.20. The molecule has 5 nitrogen and oxygen atoms in total. The van der Waals surface area contributed by atoms with Crippen molar-refractivity contribution in [3.05, 3.63) is 46.7 Å². The van der Waals surface area contributed by atoms with Crippen molar-refractivity contribution in [2.45, 2.75) is 13.0 Å². The quantitative estimate of drug-likeness (QED) is 0.443. The molecule has 0 bridgehead atoms. The number of thiophene rings is 1. The zero-order chi connectivity index (χ0) is 16.3. The monoisotopic (exact) mass is 333 g/mol. The van der Waals surface area contributed by atoms with Gasteiger partial charge in [-0.3, -0.25) is 4.99 Å². The Hall–Kier alpha value is -2.21. The summed E-state index contributed by atoms with van der Waals surface area (Å²) in [7, 11) is 3.42. The second-order valence-corrected chi connectivity index (χ2v) is 5.65. The lowest BCUT2D eigenvalue weighted by atomic mass is 10.3. The first-order valence-electron chi connectivity index (χ1n) is 7.54. The summed E-state index contributed by atoms with van der Waals surface area (Å²) in [4.78, 5) is 4.21. The summed E-state index contributed by atoms with van der Waals surface area (Å²) < 4.78 is 10.9. The summed E-state index contributed by atoms with van der Waals surface area (Å²) in [6.07, 6.45) is 0.885. The number of benzene rings is 1. The number of nitrogens with zero attached hydrogens (tertiary/aromatic N) is 1. The van der Waals surface area contributed by atoms with E-state index in [0.717, 1.165) is 37.0 Å². The number of hydrogen-bond acceptors (Lipinski definition) is 4. The fourth-order valence-electron chi connectivity index (χ4n) is 1.96. The molecular weight excluding hydrogens is 310 g/mol. The van der Waals surface area contributed by atoms with Gasteiger partial charge in [0.2, 0.25) is 0 Å². The minimum absolute atomic E-state index is 0.641. The SMILES string of the molecule is CN=C(NCCCOc1cccc(OC)c1)NCc1ccsc1. The molecule has 0 atom stereocenters. The van der Waals surface area contributed by atoms with Crippen LogP contribution in [0.25, 0.3) is 0 Å². The van der Waals surface area contributed by atoms with Gasteiger partial charge >= 0.3 is 0 Å². The summed E-state index contributed by atoms with van der Waals surface area (Å²) in [6.45, 7) is 2.22. The van der Waals surface area contributed by atoms with Crippen LogP contribution in [0.4, 0.5) is 0 Å². The van der Waals surface area contributed by atoms with E-state index >= 15 is 0 Å². The summed E-state index contributed by atoms with van der Waals surface area (Å²) in [6, 6.07) is 9.74. The van der Waals surface area contributed by atoms with Crippen molar-refractivity contribution >= 4 is 17.3 Å². The lowest BCUT2D eigenvalue weighted by Crippen LogP contribution is -2.37. The van der Waals surface area contributed by atoms with E-state index in [2.05, 4.69) is 32.5 Å². The maximum absolute atomic E-state index is 5.70. The van der Waals surface area contributed by atoms with E-state index in [1.54, 1.807) is 25.5 Å². The van der Waals surface area contributed by atoms with Crippen molar-refractivity contribution in [1.82, 2.24) is 10.6 Å². The Morgan fingerprint density at radius 3 is 2.83 bits per heavy atom. The third-order valence-electron chi connectivity index (χ3n) is 3.19. The summed E-state index contributed by atoms with van der Waals surface area (Å²) >= 11 is 1.70. The Kier molecular flexibility index (Phi) is 7.26. The van der Waals surface area contributed by atoms with Crippen molar-refractivity contribution in [3.63, 3.8) is 0 Å². The molecule has 0 saturated heterocycles. The molecule has 0 amide bonds. The van der Waals surface area contributed by atoms with Gasteiger partial charge in [-0.2, -0.15) is 11.3 Å². The van der Waals surface area contributed by atoms with Crippen LogP contribution in [0.15, 0.2) is 46.1 Å². The van der Waals surface area contributed by atoms with Gasteiger partial charge < -0.3 is 20.1 Å². The summed E-state index contributed by atoms with van der Waals surface area (Å²) in [5.41, 5.74) is 1.26. The van der Waals surface area contributed by atoms with Crippen LogP contribution in [-0.2, 0) is 6.54 Å². The Labute approximate surface area is 141 Å². The van der Waals surface area contributed by atoms with Crippen molar-refractivity contribution in [1.29, 1.82) is 0 Å². The number of aliphatic imine (C=N–C) groups is 1. The van der Waals surface area contributed by atoms with Gasteiger partial charge in [-0.05, 0) is 40.9 Å². The first-order chi connectivity index (χ1) is 11.3. The van der Waals surface area contributed by atoms with E-state index < -0.39 is 0 Å². The number of nitrogens with one attached hydrogen (secondary N) is 2. The van der Waals surface area contributed by atoms with Gasteiger partial charge in [0.1, 0.15) is 11.5 Å². The molecule has 124 valence electrons. The van der Waals surface area contributed by atoms with Gasteiger partial charge in [-0.15, -0.1) is 0 Å². The van der Waals surface area contributed by atoms with E-state index in [1.165, 1.54) is 5.56 Å². The highest BCUT2D eigenvalue weighted by Gasteiger charge is 1.99. The molecule has 0 unspecified atom stereocenters. The zero-order valence-electron chi connectivity index (χ0n) is 13.5.